The number of hydrogen-bond acceptors (Lipinski definition) is 2. The van der Waals surface area contributed by atoms with Gasteiger partial charge in [-0.1, -0.05) is 6.92 Å². The second kappa shape index (κ2) is 2.90. The number of aromatic amines is 1. The van der Waals surface area contributed by atoms with Crippen LogP contribution in [0.3, 0.4) is 0 Å². The van der Waals surface area contributed by atoms with Crippen molar-refractivity contribution in [2.75, 3.05) is 0 Å². The predicted octanol–water partition coefficient (Wildman–Crippen LogP) is 1.51. The number of aliphatic hydroxyl groups is 1. The first-order valence-electron chi connectivity index (χ1n) is 4.23. The minimum Gasteiger partial charge on any atom is -0.383 e. The molecule has 0 aliphatic rings. The predicted molar refractivity (Wildman–Crippen MR) is 47.9 cm³/mol. The van der Waals surface area contributed by atoms with E-state index in [1.54, 1.807) is 13.8 Å². The highest BCUT2D eigenvalue weighted by Crippen LogP contribution is 2.17. The van der Waals surface area contributed by atoms with Gasteiger partial charge in [-0.15, -0.1) is 0 Å². The van der Waals surface area contributed by atoms with Gasteiger partial charge in [-0.25, -0.2) is 4.98 Å². The Labute approximate surface area is 72.8 Å². The van der Waals surface area contributed by atoms with Gasteiger partial charge in [0.25, 0.3) is 0 Å². The first-order chi connectivity index (χ1) is 5.45. The van der Waals surface area contributed by atoms with Crippen molar-refractivity contribution in [1.82, 2.24) is 9.97 Å². The number of aryl methyl sites for hydroxylation is 2. The van der Waals surface area contributed by atoms with Crippen molar-refractivity contribution >= 4 is 0 Å². The van der Waals surface area contributed by atoms with Gasteiger partial charge in [0.1, 0.15) is 11.4 Å². The minimum absolute atomic E-state index is 0.650. The summed E-state index contributed by atoms with van der Waals surface area (Å²) in [5, 5.41) is 9.63. The Morgan fingerprint density at radius 1 is 1.50 bits per heavy atom. The highest BCUT2D eigenvalue weighted by Gasteiger charge is 2.20. The lowest BCUT2D eigenvalue weighted by Crippen LogP contribution is -2.17. The van der Waals surface area contributed by atoms with Gasteiger partial charge in [-0.05, 0) is 27.2 Å². The molecule has 1 rings (SSSR count). The standard InChI is InChI=1S/C9H16N2O/c1-5-7-6(2)10-8(11-7)9(3,4)12/h12H,5H2,1-4H3,(H,10,11). The third-order valence-corrected chi connectivity index (χ3v) is 1.90. The van der Waals surface area contributed by atoms with Crippen LogP contribution >= 0.6 is 0 Å². The molecule has 0 bridgehead atoms. The zero-order chi connectivity index (χ0) is 9.35. The van der Waals surface area contributed by atoms with Gasteiger partial charge < -0.3 is 10.1 Å². The zero-order valence-corrected chi connectivity index (χ0v) is 8.10. The molecule has 68 valence electrons. The largest absolute Gasteiger partial charge is 0.383 e. The molecule has 0 saturated carbocycles. The maximum atomic E-state index is 9.63. The second-order valence-corrected chi connectivity index (χ2v) is 3.57. The van der Waals surface area contributed by atoms with Crippen LogP contribution in [0.2, 0.25) is 0 Å². The molecule has 2 N–H and O–H groups in total. The van der Waals surface area contributed by atoms with E-state index in [2.05, 4.69) is 16.9 Å². The minimum atomic E-state index is -0.863. The summed E-state index contributed by atoms with van der Waals surface area (Å²) in [5.41, 5.74) is 1.22. The smallest absolute Gasteiger partial charge is 0.138 e. The lowest BCUT2D eigenvalue weighted by atomic mass is 10.1. The van der Waals surface area contributed by atoms with Crippen LogP contribution in [0.15, 0.2) is 0 Å². The number of nitrogens with zero attached hydrogens (tertiary/aromatic N) is 1. The molecule has 1 heterocycles. The van der Waals surface area contributed by atoms with Crippen molar-refractivity contribution in [3.63, 3.8) is 0 Å². The van der Waals surface area contributed by atoms with E-state index in [1.807, 2.05) is 6.92 Å². The van der Waals surface area contributed by atoms with Crippen molar-refractivity contribution in [3.8, 4) is 0 Å². The molecule has 0 aromatic carbocycles. The van der Waals surface area contributed by atoms with Crippen LogP contribution in [0, 0.1) is 6.92 Å². The fourth-order valence-electron chi connectivity index (χ4n) is 1.13. The molecule has 0 unspecified atom stereocenters. The molecule has 1 aromatic heterocycles. The molecule has 0 saturated heterocycles. The summed E-state index contributed by atoms with van der Waals surface area (Å²) < 4.78 is 0. The van der Waals surface area contributed by atoms with Gasteiger partial charge in [0.2, 0.25) is 0 Å². The van der Waals surface area contributed by atoms with E-state index < -0.39 is 5.60 Å². The topological polar surface area (TPSA) is 48.9 Å². The Kier molecular flexibility index (Phi) is 2.24. The van der Waals surface area contributed by atoms with Gasteiger partial charge in [-0.3, -0.25) is 0 Å². The molecule has 12 heavy (non-hydrogen) atoms. The lowest BCUT2D eigenvalue weighted by molar-refractivity contribution is 0.0695. The fourth-order valence-corrected chi connectivity index (χ4v) is 1.13. The molecular formula is C9H16N2O. The summed E-state index contributed by atoms with van der Waals surface area (Å²) >= 11 is 0. The van der Waals surface area contributed by atoms with Crippen molar-refractivity contribution in [2.24, 2.45) is 0 Å². The second-order valence-electron chi connectivity index (χ2n) is 3.57. The van der Waals surface area contributed by atoms with E-state index in [9.17, 15) is 5.11 Å². The first kappa shape index (κ1) is 9.26. The summed E-state index contributed by atoms with van der Waals surface area (Å²) in [5.74, 6) is 0.650. The molecule has 3 nitrogen and oxygen atoms in total. The number of H-pyrrole nitrogens is 1. The highest BCUT2D eigenvalue weighted by molar-refractivity contribution is 5.15. The van der Waals surface area contributed by atoms with Crippen LogP contribution in [0.1, 0.15) is 38.0 Å². The molecule has 0 aliphatic heterocycles. The maximum absolute atomic E-state index is 9.63. The summed E-state index contributed by atoms with van der Waals surface area (Å²) in [7, 11) is 0. The van der Waals surface area contributed by atoms with Gasteiger partial charge >= 0.3 is 0 Å². The number of aromatic nitrogens is 2. The van der Waals surface area contributed by atoms with Gasteiger partial charge in [0.05, 0.1) is 5.69 Å². The maximum Gasteiger partial charge on any atom is 0.138 e. The Morgan fingerprint density at radius 3 is 2.33 bits per heavy atom. The number of imidazole rings is 1. The third kappa shape index (κ3) is 1.67. The van der Waals surface area contributed by atoms with Crippen LogP contribution in [0.25, 0.3) is 0 Å². The van der Waals surface area contributed by atoms with Crippen LogP contribution in [0.4, 0.5) is 0 Å². The summed E-state index contributed by atoms with van der Waals surface area (Å²) in [6, 6.07) is 0. The highest BCUT2D eigenvalue weighted by atomic mass is 16.3. The molecule has 0 fully saturated rings. The van der Waals surface area contributed by atoms with E-state index in [0.29, 0.717) is 5.82 Å². The third-order valence-electron chi connectivity index (χ3n) is 1.90. The van der Waals surface area contributed by atoms with Gasteiger partial charge in [-0.2, -0.15) is 0 Å². The van der Waals surface area contributed by atoms with E-state index in [0.717, 1.165) is 17.8 Å². The van der Waals surface area contributed by atoms with E-state index >= 15 is 0 Å². The van der Waals surface area contributed by atoms with Crippen molar-refractivity contribution in [3.05, 3.63) is 17.2 Å². The Balaban J connectivity index is 3.05. The molecular weight excluding hydrogens is 152 g/mol. The normalized spacial score (nSPS) is 12.1. The molecule has 0 atom stereocenters. The zero-order valence-electron chi connectivity index (χ0n) is 8.10. The van der Waals surface area contributed by atoms with Crippen molar-refractivity contribution < 1.29 is 5.11 Å². The van der Waals surface area contributed by atoms with Crippen LogP contribution in [0.5, 0.6) is 0 Å². The van der Waals surface area contributed by atoms with Crippen LogP contribution in [-0.2, 0) is 12.0 Å². The van der Waals surface area contributed by atoms with Gasteiger partial charge in [0.15, 0.2) is 0 Å². The van der Waals surface area contributed by atoms with Gasteiger partial charge in [0, 0.05) is 5.69 Å². The lowest BCUT2D eigenvalue weighted by Gasteiger charge is -2.12. The fraction of sp³-hybridized carbons (Fsp3) is 0.667. The molecule has 3 heteroatoms. The first-order valence-corrected chi connectivity index (χ1v) is 4.23. The molecule has 0 amide bonds. The van der Waals surface area contributed by atoms with Crippen LogP contribution in [-0.4, -0.2) is 15.1 Å². The van der Waals surface area contributed by atoms with Crippen molar-refractivity contribution in [2.45, 2.75) is 39.7 Å². The molecule has 0 radical (unpaired) electrons. The monoisotopic (exact) mass is 168 g/mol. The average molecular weight is 168 g/mol. The Bertz CT molecular complexity index is 271. The quantitative estimate of drug-likeness (QED) is 0.703. The molecule has 0 aliphatic carbocycles. The van der Waals surface area contributed by atoms with Crippen LogP contribution < -0.4 is 0 Å². The average Bonchev–Trinajstić information content (AvgIpc) is 2.29. The number of rotatable bonds is 2. The number of hydrogen-bond donors (Lipinski definition) is 2. The molecule has 1 aromatic rings. The Morgan fingerprint density at radius 2 is 2.08 bits per heavy atom. The van der Waals surface area contributed by atoms with E-state index in [4.69, 9.17) is 0 Å². The number of nitrogens with one attached hydrogen (secondary N) is 1. The summed E-state index contributed by atoms with van der Waals surface area (Å²) in [6.45, 7) is 7.48. The SMILES string of the molecule is CCc1nc(C(C)(C)O)[nH]c1C. The molecule has 0 spiro atoms. The van der Waals surface area contributed by atoms with E-state index in [1.165, 1.54) is 0 Å². The summed E-state index contributed by atoms with van der Waals surface area (Å²) in [4.78, 5) is 7.37. The summed E-state index contributed by atoms with van der Waals surface area (Å²) in [6.07, 6.45) is 0.901. The Hall–Kier alpha value is -0.830. The van der Waals surface area contributed by atoms with E-state index in [-0.39, 0.29) is 0 Å². The van der Waals surface area contributed by atoms with Crippen molar-refractivity contribution in [1.29, 1.82) is 0 Å².